The molecule has 3 aromatic rings. The Balaban J connectivity index is 1.51. The Hall–Kier alpha value is -4.60. The van der Waals surface area contributed by atoms with Crippen LogP contribution in [0, 0.1) is 5.92 Å². The summed E-state index contributed by atoms with van der Waals surface area (Å²) in [4.78, 5) is 67.1. The molecule has 0 radical (unpaired) electrons. The van der Waals surface area contributed by atoms with Crippen LogP contribution in [0.1, 0.15) is 36.7 Å². The molecule has 4 N–H and O–H groups in total. The molecule has 4 amide bonds. The van der Waals surface area contributed by atoms with Crippen LogP contribution in [0.2, 0.25) is 0 Å². The van der Waals surface area contributed by atoms with Crippen LogP contribution in [-0.2, 0) is 25.7 Å². The molecule has 10 nitrogen and oxygen atoms in total. The highest BCUT2D eigenvalue weighted by Gasteiger charge is 2.31. The predicted octanol–water partition coefficient (Wildman–Crippen LogP) is 1.50. The number of pyridine rings is 1. The summed E-state index contributed by atoms with van der Waals surface area (Å²) in [5.41, 5.74) is 1.86. The highest BCUT2D eigenvalue weighted by atomic mass is 16.2. The number of carbonyl (C=O) groups is 5. The quantitative estimate of drug-likeness (QED) is 0.284. The van der Waals surface area contributed by atoms with Gasteiger partial charge in [-0.05, 0) is 30.5 Å². The molecule has 0 unspecified atom stereocenters. The Labute approximate surface area is 220 Å². The average Bonchev–Trinajstić information content (AvgIpc) is 2.92. The van der Waals surface area contributed by atoms with Gasteiger partial charge < -0.3 is 21.3 Å². The van der Waals surface area contributed by atoms with Crippen molar-refractivity contribution in [2.24, 2.45) is 5.92 Å². The first-order valence-corrected chi connectivity index (χ1v) is 12.2. The number of hydrogen-bond acceptors (Lipinski definition) is 6. The summed E-state index contributed by atoms with van der Waals surface area (Å²) in [6.45, 7) is 4.67. The van der Waals surface area contributed by atoms with Crippen molar-refractivity contribution < 1.29 is 24.0 Å². The van der Waals surface area contributed by atoms with Crippen molar-refractivity contribution in [1.82, 2.24) is 26.3 Å². The second kappa shape index (κ2) is 13.1. The molecule has 2 aromatic carbocycles. The predicted molar refractivity (Wildman–Crippen MR) is 142 cm³/mol. The van der Waals surface area contributed by atoms with Crippen LogP contribution in [0.15, 0.2) is 66.9 Å². The van der Waals surface area contributed by atoms with Gasteiger partial charge in [0.2, 0.25) is 17.6 Å². The monoisotopic (exact) mass is 517 g/mol. The van der Waals surface area contributed by atoms with E-state index in [1.807, 2.05) is 36.4 Å². The van der Waals surface area contributed by atoms with Gasteiger partial charge in [-0.25, -0.2) is 0 Å². The van der Waals surface area contributed by atoms with Crippen molar-refractivity contribution in [3.8, 4) is 0 Å². The van der Waals surface area contributed by atoms with E-state index in [4.69, 9.17) is 0 Å². The minimum atomic E-state index is -1.07. The Morgan fingerprint density at radius 3 is 2.21 bits per heavy atom. The summed E-state index contributed by atoms with van der Waals surface area (Å²) in [5, 5.41) is 10.8. The maximum atomic E-state index is 12.7. The van der Waals surface area contributed by atoms with E-state index in [-0.39, 0.29) is 19.0 Å². The first kappa shape index (κ1) is 28.0. The lowest BCUT2D eigenvalue weighted by Crippen LogP contribution is -2.55. The van der Waals surface area contributed by atoms with Crippen molar-refractivity contribution >= 4 is 40.3 Å². The smallest absolute Gasteiger partial charge is 0.289 e. The maximum Gasteiger partial charge on any atom is 0.289 e. The summed E-state index contributed by atoms with van der Waals surface area (Å²) in [6, 6.07) is 15.7. The molecule has 10 heteroatoms. The van der Waals surface area contributed by atoms with Crippen molar-refractivity contribution in [3.05, 3.63) is 78.0 Å². The SMILES string of the molecule is CC(C)[C@H](NC(=O)[C@H](C)NC(=O)CNC(=O)c1ccnc2ccccc12)C(=O)C(=O)NCc1ccccc1. The second-order valence-electron chi connectivity index (χ2n) is 9.11. The van der Waals surface area contributed by atoms with Crippen LogP contribution in [-0.4, -0.2) is 53.0 Å². The van der Waals surface area contributed by atoms with E-state index in [0.717, 1.165) is 5.56 Å². The summed E-state index contributed by atoms with van der Waals surface area (Å²) in [6.07, 6.45) is 1.51. The number of carbonyl (C=O) groups excluding carboxylic acids is 5. The van der Waals surface area contributed by atoms with Crippen LogP contribution in [0.3, 0.4) is 0 Å². The number of ketones is 1. The number of rotatable bonds is 11. The highest BCUT2D eigenvalue weighted by molar-refractivity contribution is 6.38. The van der Waals surface area contributed by atoms with Gasteiger partial charge in [-0.1, -0.05) is 62.4 Å². The molecule has 0 aliphatic carbocycles. The zero-order chi connectivity index (χ0) is 27.7. The van der Waals surface area contributed by atoms with Gasteiger partial charge in [-0.2, -0.15) is 0 Å². The topological polar surface area (TPSA) is 146 Å². The Kier molecular flexibility index (Phi) is 9.64. The highest BCUT2D eigenvalue weighted by Crippen LogP contribution is 2.15. The molecule has 0 saturated heterocycles. The van der Waals surface area contributed by atoms with Gasteiger partial charge in [-0.3, -0.25) is 29.0 Å². The molecule has 0 aliphatic rings. The van der Waals surface area contributed by atoms with Crippen molar-refractivity contribution in [2.75, 3.05) is 6.54 Å². The molecule has 0 saturated carbocycles. The first-order valence-electron chi connectivity index (χ1n) is 12.2. The lowest BCUT2D eigenvalue weighted by molar-refractivity contribution is -0.141. The molecule has 0 bridgehead atoms. The zero-order valence-corrected chi connectivity index (χ0v) is 21.5. The standard InChI is InChI=1S/C28H31N5O5/c1-17(2)24(25(35)28(38)30-15-19-9-5-4-6-10-19)33-26(36)18(3)32-23(34)16-31-27(37)21-13-14-29-22-12-8-7-11-20(21)22/h4-14,17-18,24H,15-16H2,1-3H3,(H,30,38)(H,31,37)(H,32,34)(H,33,36)/t18-,24-/m0/s1. The summed E-state index contributed by atoms with van der Waals surface area (Å²) in [7, 11) is 0. The summed E-state index contributed by atoms with van der Waals surface area (Å²) < 4.78 is 0. The van der Waals surface area contributed by atoms with E-state index in [2.05, 4.69) is 26.3 Å². The van der Waals surface area contributed by atoms with Gasteiger partial charge in [0, 0.05) is 18.1 Å². The molecule has 0 aliphatic heterocycles. The first-order chi connectivity index (χ1) is 18.2. The van der Waals surface area contributed by atoms with E-state index in [1.54, 1.807) is 38.1 Å². The molecular weight excluding hydrogens is 486 g/mol. The molecule has 3 rings (SSSR count). The fourth-order valence-electron chi connectivity index (χ4n) is 3.73. The minimum absolute atomic E-state index is 0.178. The normalized spacial score (nSPS) is 12.3. The fourth-order valence-corrected chi connectivity index (χ4v) is 3.73. The number of aromatic nitrogens is 1. The lowest BCUT2D eigenvalue weighted by atomic mass is 9.98. The number of nitrogens with zero attached hydrogens (tertiary/aromatic N) is 1. The molecule has 0 spiro atoms. The van der Waals surface area contributed by atoms with Crippen LogP contribution >= 0.6 is 0 Å². The van der Waals surface area contributed by atoms with Crippen molar-refractivity contribution in [3.63, 3.8) is 0 Å². The molecule has 1 aromatic heterocycles. The third kappa shape index (κ3) is 7.45. The Morgan fingerprint density at radius 1 is 0.816 bits per heavy atom. The maximum absolute atomic E-state index is 12.7. The van der Waals surface area contributed by atoms with Crippen molar-refractivity contribution in [2.45, 2.75) is 39.4 Å². The minimum Gasteiger partial charge on any atom is -0.345 e. The van der Waals surface area contributed by atoms with E-state index >= 15 is 0 Å². The Morgan fingerprint density at radius 2 is 1.50 bits per heavy atom. The number of fused-ring (bicyclic) bond motifs is 1. The van der Waals surface area contributed by atoms with Gasteiger partial charge in [0.1, 0.15) is 6.04 Å². The van der Waals surface area contributed by atoms with Crippen LogP contribution in [0.25, 0.3) is 10.9 Å². The molecule has 2 atom stereocenters. The van der Waals surface area contributed by atoms with Crippen molar-refractivity contribution in [1.29, 1.82) is 0 Å². The lowest BCUT2D eigenvalue weighted by Gasteiger charge is -2.23. The Bertz CT molecular complexity index is 1320. The molecule has 38 heavy (non-hydrogen) atoms. The van der Waals surface area contributed by atoms with Crippen LogP contribution in [0.5, 0.6) is 0 Å². The zero-order valence-electron chi connectivity index (χ0n) is 21.5. The number of hydrogen-bond donors (Lipinski definition) is 4. The molecule has 198 valence electrons. The summed E-state index contributed by atoms with van der Waals surface area (Å²) in [5.74, 6) is -3.63. The van der Waals surface area contributed by atoms with Gasteiger partial charge in [0.15, 0.2) is 0 Å². The van der Waals surface area contributed by atoms with Gasteiger partial charge in [0.25, 0.3) is 11.8 Å². The van der Waals surface area contributed by atoms with Gasteiger partial charge >= 0.3 is 0 Å². The number of para-hydroxylation sites is 1. The van der Waals surface area contributed by atoms with E-state index in [0.29, 0.717) is 16.5 Å². The third-order valence-electron chi connectivity index (χ3n) is 5.84. The molecule has 1 heterocycles. The molecular formula is C28H31N5O5. The second-order valence-corrected chi connectivity index (χ2v) is 9.11. The number of nitrogens with one attached hydrogen (secondary N) is 4. The number of amides is 4. The largest absolute Gasteiger partial charge is 0.345 e. The van der Waals surface area contributed by atoms with Gasteiger partial charge in [-0.15, -0.1) is 0 Å². The van der Waals surface area contributed by atoms with Crippen LogP contribution < -0.4 is 21.3 Å². The fraction of sp³-hybridized carbons (Fsp3) is 0.286. The summed E-state index contributed by atoms with van der Waals surface area (Å²) >= 11 is 0. The van der Waals surface area contributed by atoms with E-state index in [9.17, 15) is 24.0 Å². The molecule has 0 fully saturated rings. The number of Topliss-reactive ketones (excluding diaryl/α,β-unsaturated/α-hetero) is 1. The number of benzene rings is 2. The average molecular weight is 518 g/mol. The van der Waals surface area contributed by atoms with E-state index < -0.39 is 41.5 Å². The van der Waals surface area contributed by atoms with Crippen LogP contribution in [0.4, 0.5) is 0 Å². The van der Waals surface area contributed by atoms with E-state index in [1.165, 1.54) is 13.1 Å². The van der Waals surface area contributed by atoms with Gasteiger partial charge in [0.05, 0.1) is 23.7 Å². The third-order valence-corrected chi connectivity index (χ3v) is 5.84.